The summed E-state index contributed by atoms with van der Waals surface area (Å²) in [6.07, 6.45) is 3.10. The number of amides is 1. The lowest BCUT2D eigenvalue weighted by Gasteiger charge is -2.37. The summed E-state index contributed by atoms with van der Waals surface area (Å²) in [5, 5.41) is 0. The fourth-order valence-electron chi connectivity index (χ4n) is 6.49. The van der Waals surface area contributed by atoms with Gasteiger partial charge in [0.2, 0.25) is 0 Å². The number of rotatable bonds is 9. The van der Waals surface area contributed by atoms with E-state index in [0.29, 0.717) is 44.1 Å². The van der Waals surface area contributed by atoms with Gasteiger partial charge in [0.15, 0.2) is 0 Å². The highest BCUT2D eigenvalue weighted by molar-refractivity contribution is 7.85. The molecular weight excluding hydrogens is 607 g/mol. The molecule has 0 unspecified atom stereocenters. The molecule has 0 radical (unpaired) electrons. The molecule has 2 aliphatic heterocycles. The summed E-state index contributed by atoms with van der Waals surface area (Å²) in [6, 6.07) is 26.7. The van der Waals surface area contributed by atoms with Crippen LogP contribution in [-0.4, -0.2) is 49.2 Å². The van der Waals surface area contributed by atoms with Gasteiger partial charge in [0, 0.05) is 43.7 Å². The van der Waals surface area contributed by atoms with E-state index in [1.807, 2.05) is 42.5 Å². The Morgan fingerprint density at radius 1 is 0.935 bits per heavy atom. The van der Waals surface area contributed by atoms with E-state index in [2.05, 4.69) is 17.0 Å². The molecule has 1 spiro atoms. The predicted molar refractivity (Wildman–Crippen MR) is 172 cm³/mol. The molecule has 1 amide bonds. The van der Waals surface area contributed by atoms with Crippen molar-refractivity contribution in [3.63, 3.8) is 0 Å². The maximum absolute atomic E-state index is 13.8. The number of carbonyl (C=O) groups excluding carboxylic acids is 1. The standard InChI is InChI=1S/C36H35FN2O6S/c37-29-10-8-27(9-11-29)33-21-34(44-23-25-4-2-1-3-5-25)28(20-32(33)26-6-7-26)22-38-18-16-36(17-19-38)24-39(35(40)45-36)30-12-14-31(15-13-30)46(41,42)43/h1-5,8-15,20-21,26H,6-7,16-19,22-24H2,(H,41,42,43). The van der Waals surface area contributed by atoms with Gasteiger partial charge in [0.1, 0.15) is 23.8 Å². The van der Waals surface area contributed by atoms with Gasteiger partial charge in [0.05, 0.1) is 11.4 Å². The van der Waals surface area contributed by atoms with Crippen molar-refractivity contribution in [2.24, 2.45) is 0 Å². The van der Waals surface area contributed by atoms with Crippen LogP contribution in [0.25, 0.3) is 11.1 Å². The molecule has 4 aromatic rings. The van der Waals surface area contributed by atoms with Gasteiger partial charge >= 0.3 is 6.09 Å². The first-order valence-corrected chi connectivity index (χ1v) is 17.0. The molecule has 3 aliphatic rings. The van der Waals surface area contributed by atoms with Crippen LogP contribution in [0.1, 0.15) is 48.3 Å². The minimum Gasteiger partial charge on any atom is -0.489 e. The highest BCUT2D eigenvalue weighted by Crippen LogP contribution is 2.47. The third kappa shape index (κ3) is 6.51. The molecule has 10 heteroatoms. The van der Waals surface area contributed by atoms with Crippen LogP contribution in [0.5, 0.6) is 5.75 Å². The number of benzene rings is 4. The van der Waals surface area contributed by atoms with Gasteiger partial charge in [0.25, 0.3) is 10.1 Å². The van der Waals surface area contributed by atoms with Gasteiger partial charge in [-0.05, 0) is 89.5 Å². The SMILES string of the molecule is O=C1OC2(CCN(Cc3cc(C4CC4)c(-c4ccc(F)cc4)cc3OCc3ccccc3)CC2)CN1c1ccc(S(=O)(=O)O)cc1. The first kappa shape index (κ1) is 30.4. The highest BCUT2D eigenvalue weighted by atomic mass is 32.2. The molecule has 238 valence electrons. The van der Waals surface area contributed by atoms with E-state index in [0.717, 1.165) is 53.9 Å². The van der Waals surface area contributed by atoms with Gasteiger partial charge in [-0.25, -0.2) is 9.18 Å². The zero-order chi connectivity index (χ0) is 31.9. The van der Waals surface area contributed by atoms with Crippen molar-refractivity contribution in [2.45, 2.75) is 55.2 Å². The molecule has 1 aliphatic carbocycles. The smallest absolute Gasteiger partial charge is 0.415 e. The molecule has 4 aromatic carbocycles. The largest absolute Gasteiger partial charge is 0.489 e. The van der Waals surface area contributed by atoms with Crippen molar-refractivity contribution in [1.82, 2.24) is 4.90 Å². The van der Waals surface area contributed by atoms with Gasteiger partial charge < -0.3 is 9.47 Å². The van der Waals surface area contributed by atoms with Crippen LogP contribution in [0.2, 0.25) is 0 Å². The van der Waals surface area contributed by atoms with Crippen LogP contribution in [0.15, 0.2) is 95.9 Å². The van der Waals surface area contributed by atoms with E-state index in [9.17, 15) is 22.2 Å². The Kier molecular flexibility index (Phi) is 8.04. The summed E-state index contributed by atoms with van der Waals surface area (Å²) in [7, 11) is -4.32. The third-order valence-corrected chi connectivity index (χ3v) is 10.1. The van der Waals surface area contributed by atoms with Gasteiger partial charge in [-0.2, -0.15) is 8.42 Å². The molecule has 2 saturated heterocycles. The molecule has 0 aromatic heterocycles. The first-order chi connectivity index (χ1) is 22.2. The minimum atomic E-state index is -4.32. The number of nitrogens with zero attached hydrogens (tertiary/aromatic N) is 2. The molecular formula is C36H35FN2O6S. The first-order valence-electron chi connectivity index (χ1n) is 15.6. The quantitative estimate of drug-likeness (QED) is 0.193. The number of hydrogen-bond acceptors (Lipinski definition) is 6. The van der Waals surface area contributed by atoms with Crippen LogP contribution in [0, 0.1) is 5.82 Å². The molecule has 2 heterocycles. The summed E-state index contributed by atoms with van der Waals surface area (Å²) in [5.41, 5.74) is 5.38. The number of hydrogen-bond donors (Lipinski definition) is 1. The van der Waals surface area contributed by atoms with Crippen LogP contribution in [0.4, 0.5) is 14.9 Å². The van der Waals surface area contributed by atoms with E-state index in [1.165, 1.54) is 46.9 Å². The zero-order valence-corrected chi connectivity index (χ0v) is 26.1. The lowest BCUT2D eigenvalue weighted by atomic mass is 9.90. The molecule has 1 saturated carbocycles. The molecule has 46 heavy (non-hydrogen) atoms. The highest BCUT2D eigenvalue weighted by Gasteiger charge is 2.47. The van der Waals surface area contributed by atoms with Gasteiger partial charge in [-0.3, -0.25) is 14.4 Å². The Morgan fingerprint density at radius 2 is 1.63 bits per heavy atom. The molecule has 7 rings (SSSR count). The number of ether oxygens (including phenoxy) is 2. The van der Waals surface area contributed by atoms with Crippen molar-refractivity contribution >= 4 is 21.9 Å². The van der Waals surface area contributed by atoms with Gasteiger partial charge in [-0.1, -0.05) is 42.5 Å². The molecule has 8 nitrogen and oxygen atoms in total. The van der Waals surface area contributed by atoms with Crippen molar-refractivity contribution in [1.29, 1.82) is 0 Å². The number of anilines is 1. The third-order valence-electron chi connectivity index (χ3n) is 9.22. The van der Waals surface area contributed by atoms with E-state index in [1.54, 1.807) is 0 Å². The fraction of sp³-hybridized carbons (Fsp3) is 0.306. The Balaban J connectivity index is 1.09. The average Bonchev–Trinajstić information content (AvgIpc) is 3.85. The molecule has 0 atom stereocenters. The van der Waals surface area contributed by atoms with E-state index < -0.39 is 21.8 Å². The molecule has 1 N–H and O–H groups in total. The van der Waals surface area contributed by atoms with Gasteiger partial charge in [-0.15, -0.1) is 0 Å². The normalized spacial score (nSPS) is 18.1. The maximum atomic E-state index is 13.8. The summed E-state index contributed by atoms with van der Waals surface area (Å²) in [6.45, 7) is 2.92. The monoisotopic (exact) mass is 642 g/mol. The summed E-state index contributed by atoms with van der Waals surface area (Å²) < 4.78 is 58.3. The molecule has 0 bridgehead atoms. The average molecular weight is 643 g/mol. The van der Waals surface area contributed by atoms with Crippen LogP contribution < -0.4 is 9.64 Å². The second-order valence-corrected chi connectivity index (χ2v) is 13.9. The minimum absolute atomic E-state index is 0.227. The maximum Gasteiger partial charge on any atom is 0.415 e. The van der Waals surface area contributed by atoms with Crippen LogP contribution in [0.3, 0.4) is 0 Å². The Bertz CT molecular complexity index is 1840. The van der Waals surface area contributed by atoms with Crippen molar-refractivity contribution in [3.05, 3.63) is 114 Å². The number of carbonyl (C=O) groups is 1. The summed E-state index contributed by atoms with van der Waals surface area (Å²) in [4.78, 5) is 16.6. The molecule has 3 fully saturated rings. The van der Waals surface area contributed by atoms with E-state index in [-0.39, 0.29) is 10.7 Å². The van der Waals surface area contributed by atoms with E-state index >= 15 is 0 Å². The predicted octanol–water partition coefficient (Wildman–Crippen LogP) is 7.19. The number of halogens is 1. The van der Waals surface area contributed by atoms with Crippen LogP contribution >= 0.6 is 0 Å². The van der Waals surface area contributed by atoms with Crippen molar-refractivity contribution in [2.75, 3.05) is 24.5 Å². The summed E-state index contributed by atoms with van der Waals surface area (Å²) in [5.74, 6) is 1.02. The fourth-order valence-corrected chi connectivity index (χ4v) is 6.97. The Hall–Kier alpha value is -4.25. The van der Waals surface area contributed by atoms with Crippen LogP contribution in [-0.2, 0) is 28.0 Å². The number of piperidine rings is 1. The lowest BCUT2D eigenvalue weighted by Crippen LogP contribution is -2.46. The number of likely N-dealkylation sites (tertiary alicyclic amines) is 1. The summed E-state index contributed by atoms with van der Waals surface area (Å²) >= 11 is 0. The van der Waals surface area contributed by atoms with Crippen molar-refractivity contribution in [3.8, 4) is 16.9 Å². The second-order valence-electron chi connectivity index (χ2n) is 12.5. The topological polar surface area (TPSA) is 96.4 Å². The van der Waals surface area contributed by atoms with Crippen molar-refractivity contribution < 1.29 is 31.6 Å². The zero-order valence-electron chi connectivity index (χ0n) is 25.3. The lowest BCUT2D eigenvalue weighted by molar-refractivity contribution is -0.00113. The van der Waals surface area contributed by atoms with E-state index in [4.69, 9.17) is 9.47 Å². The Labute approximate surface area is 268 Å². The Morgan fingerprint density at radius 3 is 2.28 bits per heavy atom. The second kappa shape index (κ2) is 12.2.